The summed E-state index contributed by atoms with van der Waals surface area (Å²) >= 11 is 0. The Morgan fingerprint density at radius 1 is 1.27 bits per heavy atom. The SMILES string of the molecule is CC/C1=C(C(=O)O)/C=C\CC(NC(=O)C2=CC(C(=O)Nc3cccc(F)c3)=N/C(=C(\C)CN)N2)CCC1. The van der Waals surface area contributed by atoms with Gasteiger partial charge in [0.25, 0.3) is 11.8 Å². The Bertz CT molecular complexity index is 1230. The smallest absolute Gasteiger partial charge is 0.335 e. The number of carbonyl (C=O) groups is 3. The number of nitrogens with zero attached hydrogens (tertiary/aromatic N) is 1. The van der Waals surface area contributed by atoms with Crippen molar-refractivity contribution in [1.82, 2.24) is 10.6 Å². The van der Waals surface area contributed by atoms with Gasteiger partial charge in [-0.05, 0) is 68.9 Å². The number of amides is 2. The fourth-order valence-corrected chi connectivity index (χ4v) is 4.05. The molecular formula is C27H32FN5O4. The molecule has 9 nitrogen and oxygen atoms in total. The summed E-state index contributed by atoms with van der Waals surface area (Å²) in [5, 5.41) is 18.0. The first kappa shape index (κ1) is 27.5. The lowest BCUT2D eigenvalue weighted by molar-refractivity contribution is -0.132. The van der Waals surface area contributed by atoms with Crippen molar-refractivity contribution in [2.45, 2.75) is 52.0 Å². The van der Waals surface area contributed by atoms with Crippen molar-refractivity contribution in [3.63, 3.8) is 0 Å². The summed E-state index contributed by atoms with van der Waals surface area (Å²) in [5.41, 5.74) is 7.92. The van der Waals surface area contributed by atoms with Crippen LogP contribution in [0, 0.1) is 5.82 Å². The summed E-state index contributed by atoms with van der Waals surface area (Å²) < 4.78 is 13.5. The lowest BCUT2D eigenvalue weighted by Crippen LogP contribution is -2.41. The Hall–Kier alpha value is -4.05. The average Bonchev–Trinajstić information content (AvgIpc) is 2.98. The van der Waals surface area contributed by atoms with Gasteiger partial charge in [-0.3, -0.25) is 9.59 Å². The number of aliphatic imine (C=N–C) groups is 1. The molecule has 6 N–H and O–H groups in total. The second-order valence-electron chi connectivity index (χ2n) is 8.85. The largest absolute Gasteiger partial charge is 0.478 e. The topological polar surface area (TPSA) is 146 Å². The summed E-state index contributed by atoms with van der Waals surface area (Å²) in [6, 6.07) is 5.22. The molecule has 1 aromatic carbocycles. The third kappa shape index (κ3) is 7.47. The summed E-state index contributed by atoms with van der Waals surface area (Å²) in [6.45, 7) is 3.82. The molecule has 2 aliphatic rings. The maximum atomic E-state index is 13.5. The van der Waals surface area contributed by atoms with Crippen LogP contribution < -0.4 is 21.7 Å². The first-order chi connectivity index (χ1) is 17.7. The number of anilines is 1. The molecule has 0 fully saturated rings. The second kappa shape index (κ2) is 12.8. The standard InChI is InChI=1S/C27H32FN5O4/c1-3-17-7-4-9-19(10-6-12-21(17)27(36)37)30-25(34)22-14-23(33-24(32-22)16(2)15-29)26(35)31-20-11-5-8-18(28)13-20/h5-6,8,11-14,19,32H,3-4,7,9-10,15,29H2,1-2H3,(H,30,34)(H,31,35)(H,36,37)/b12-6-,21-17+,24-16+. The van der Waals surface area contributed by atoms with Crippen LogP contribution in [0.3, 0.4) is 0 Å². The van der Waals surface area contributed by atoms with Crippen molar-refractivity contribution in [2.75, 3.05) is 11.9 Å². The Balaban J connectivity index is 1.78. The van der Waals surface area contributed by atoms with E-state index in [0.717, 1.165) is 12.0 Å². The van der Waals surface area contributed by atoms with Crippen LogP contribution in [0.4, 0.5) is 10.1 Å². The minimum absolute atomic E-state index is 0.0341. The molecule has 1 aliphatic heterocycles. The summed E-state index contributed by atoms with van der Waals surface area (Å²) in [6.07, 6.45) is 7.83. The van der Waals surface area contributed by atoms with E-state index in [1.165, 1.54) is 24.3 Å². The molecular weight excluding hydrogens is 477 g/mol. The lowest BCUT2D eigenvalue weighted by atomic mass is 9.99. The van der Waals surface area contributed by atoms with Gasteiger partial charge in [0.1, 0.15) is 23.0 Å². The van der Waals surface area contributed by atoms with Gasteiger partial charge in [0.15, 0.2) is 0 Å². The van der Waals surface area contributed by atoms with Crippen molar-refractivity contribution in [2.24, 2.45) is 10.7 Å². The van der Waals surface area contributed by atoms with Gasteiger partial charge in [0.05, 0.1) is 5.57 Å². The van der Waals surface area contributed by atoms with Crippen LogP contribution in [0.1, 0.15) is 46.0 Å². The number of carboxylic acid groups (broad SMARTS) is 1. The van der Waals surface area contributed by atoms with Crippen molar-refractivity contribution in [3.8, 4) is 0 Å². The summed E-state index contributed by atoms with van der Waals surface area (Å²) in [7, 11) is 0. The molecule has 0 bridgehead atoms. The normalized spacial score (nSPS) is 22.2. The summed E-state index contributed by atoms with van der Waals surface area (Å²) in [4.78, 5) is 42.0. The van der Waals surface area contributed by atoms with Gasteiger partial charge >= 0.3 is 5.97 Å². The van der Waals surface area contributed by atoms with Crippen molar-refractivity contribution in [3.05, 3.63) is 76.5 Å². The molecule has 196 valence electrons. The maximum Gasteiger partial charge on any atom is 0.335 e. The van der Waals surface area contributed by atoms with Gasteiger partial charge in [-0.1, -0.05) is 30.7 Å². The molecule has 1 aromatic rings. The van der Waals surface area contributed by atoms with Gasteiger partial charge in [0.2, 0.25) is 0 Å². The average molecular weight is 510 g/mol. The fraction of sp³-hybridized carbons (Fsp3) is 0.333. The van der Waals surface area contributed by atoms with E-state index in [0.29, 0.717) is 36.8 Å². The third-order valence-electron chi connectivity index (χ3n) is 6.15. The monoisotopic (exact) mass is 509 g/mol. The number of allylic oxidation sites excluding steroid dienone is 1. The molecule has 1 heterocycles. The number of nitrogens with one attached hydrogen (secondary N) is 3. The van der Waals surface area contributed by atoms with Gasteiger partial charge in [-0.2, -0.15) is 0 Å². The van der Waals surface area contributed by atoms with Gasteiger partial charge in [-0.25, -0.2) is 14.2 Å². The Labute approximate surface area is 215 Å². The molecule has 1 atom stereocenters. The van der Waals surface area contributed by atoms with E-state index in [2.05, 4.69) is 20.9 Å². The highest BCUT2D eigenvalue weighted by Crippen LogP contribution is 2.22. The molecule has 0 aromatic heterocycles. The number of carboxylic acids is 1. The molecule has 1 aliphatic carbocycles. The van der Waals surface area contributed by atoms with Crippen LogP contribution in [0.25, 0.3) is 0 Å². The van der Waals surface area contributed by atoms with Crippen LogP contribution in [0.15, 0.2) is 75.7 Å². The van der Waals surface area contributed by atoms with E-state index in [9.17, 15) is 23.9 Å². The minimum atomic E-state index is -0.954. The van der Waals surface area contributed by atoms with E-state index >= 15 is 0 Å². The lowest BCUT2D eigenvalue weighted by Gasteiger charge is -2.22. The van der Waals surface area contributed by atoms with E-state index in [4.69, 9.17) is 5.73 Å². The highest BCUT2D eigenvalue weighted by Gasteiger charge is 2.24. The Morgan fingerprint density at radius 3 is 2.73 bits per heavy atom. The van der Waals surface area contributed by atoms with Crippen molar-refractivity contribution >= 4 is 29.2 Å². The zero-order valence-electron chi connectivity index (χ0n) is 20.9. The number of hydrogen-bond donors (Lipinski definition) is 5. The van der Waals surface area contributed by atoms with Crippen molar-refractivity contribution in [1.29, 1.82) is 0 Å². The predicted octanol–water partition coefficient (Wildman–Crippen LogP) is 3.29. The zero-order valence-corrected chi connectivity index (χ0v) is 20.9. The molecule has 37 heavy (non-hydrogen) atoms. The zero-order chi connectivity index (χ0) is 26.9. The van der Waals surface area contributed by atoms with Crippen LogP contribution in [-0.2, 0) is 14.4 Å². The summed E-state index contributed by atoms with van der Waals surface area (Å²) in [5.74, 6) is -2.21. The van der Waals surface area contributed by atoms with Gasteiger partial charge < -0.3 is 26.8 Å². The molecule has 1 unspecified atom stereocenters. The Kier molecular flexibility index (Phi) is 9.51. The van der Waals surface area contributed by atoms with Crippen LogP contribution in [0.2, 0.25) is 0 Å². The highest BCUT2D eigenvalue weighted by molar-refractivity contribution is 6.48. The first-order valence-electron chi connectivity index (χ1n) is 12.2. The number of carbonyl (C=O) groups excluding carboxylic acids is 2. The van der Waals surface area contributed by atoms with Crippen LogP contribution >= 0.6 is 0 Å². The number of benzene rings is 1. The number of nitrogens with two attached hydrogens (primary N) is 1. The quantitative estimate of drug-likeness (QED) is 0.381. The van der Waals surface area contributed by atoms with E-state index < -0.39 is 23.6 Å². The van der Waals surface area contributed by atoms with Gasteiger partial charge in [0, 0.05) is 18.3 Å². The van der Waals surface area contributed by atoms with Crippen molar-refractivity contribution < 1.29 is 23.9 Å². The Morgan fingerprint density at radius 2 is 2.05 bits per heavy atom. The third-order valence-corrected chi connectivity index (χ3v) is 6.15. The van der Waals surface area contributed by atoms with E-state index in [1.54, 1.807) is 25.1 Å². The molecule has 0 saturated heterocycles. The predicted molar refractivity (Wildman–Crippen MR) is 140 cm³/mol. The van der Waals surface area contributed by atoms with Gasteiger partial charge in [-0.15, -0.1) is 0 Å². The fourth-order valence-electron chi connectivity index (χ4n) is 4.05. The van der Waals surface area contributed by atoms with Crippen LogP contribution in [0.5, 0.6) is 0 Å². The number of aliphatic carboxylic acids is 1. The molecule has 3 rings (SSSR count). The molecule has 0 radical (unpaired) electrons. The highest BCUT2D eigenvalue weighted by atomic mass is 19.1. The number of hydrogen-bond acceptors (Lipinski definition) is 6. The molecule has 10 heteroatoms. The minimum Gasteiger partial charge on any atom is -0.478 e. The molecule has 0 spiro atoms. The first-order valence-corrected chi connectivity index (χ1v) is 12.2. The van der Waals surface area contributed by atoms with E-state index in [-0.39, 0.29) is 35.5 Å². The molecule has 2 amide bonds. The maximum absolute atomic E-state index is 13.5. The molecule has 0 saturated carbocycles. The van der Waals surface area contributed by atoms with E-state index in [1.807, 2.05) is 6.92 Å². The van der Waals surface area contributed by atoms with Crippen LogP contribution in [-0.4, -0.2) is 41.2 Å². The number of halogens is 1. The number of rotatable bonds is 7. The second-order valence-corrected chi connectivity index (χ2v) is 8.85.